The largest absolute Gasteiger partial charge is 0.479 e. The first-order valence-electron chi connectivity index (χ1n) is 12.1. The van der Waals surface area contributed by atoms with Crippen LogP contribution in [-0.2, 0) is 9.53 Å². The number of benzene rings is 1. The number of aromatic nitrogens is 4. The Morgan fingerprint density at radius 1 is 1.26 bits per heavy atom. The normalized spacial score (nSPS) is 15.2. The molecule has 5 rings (SSSR count). The minimum atomic E-state index is -0.297. The Morgan fingerprint density at radius 2 is 2.16 bits per heavy atom. The van der Waals surface area contributed by atoms with Gasteiger partial charge in [-0.3, -0.25) is 9.78 Å². The van der Waals surface area contributed by atoms with Crippen LogP contribution in [0.3, 0.4) is 0 Å². The van der Waals surface area contributed by atoms with Crippen molar-refractivity contribution in [1.29, 1.82) is 0 Å². The topological polar surface area (TPSA) is 140 Å². The van der Waals surface area contributed by atoms with Gasteiger partial charge in [0.05, 0.1) is 37.6 Å². The fraction of sp³-hybridized carbons (Fsp3) is 0.222. The Balaban J connectivity index is 1.46. The third-order valence-corrected chi connectivity index (χ3v) is 6.18. The summed E-state index contributed by atoms with van der Waals surface area (Å²) in [5.41, 5.74) is 9.32. The molecule has 1 atom stereocenters. The first-order valence-corrected chi connectivity index (χ1v) is 12.1. The van der Waals surface area contributed by atoms with Crippen LogP contribution < -0.4 is 26.0 Å². The number of morpholine rings is 1. The minimum Gasteiger partial charge on any atom is -0.479 e. The van der Waals surface area contributed by atoms with E-state index in [1.54, 1.807) is 31.6 Å². The standard InChI is InChI=1S/C27H28N8O3/c1-3-24(36)31-18-9-10-29-22(13-18)20-6-4-5-17-15-30-27(34-25(17)20)32-21-7-8-23(33-26(21)37-2)35-11-12-38-16-19(35)14-28/h3-10,13,15,19H,1,11-12,14,16,28H2,2H3,(H,29,31,36)(H,30,32,34). The van der Waals surface area contributed by atoms with Crippen molar-refractivity contribution >= 4 is 40.0 Å². The number of carbonyl (C=O) groups excluding carboxylic acids is 1. The molecule has 1 aliphatic heterocycles. The molecule has 38 heavy (non-hydrogen) atoms. The molecular formula is C27H28N8O3. The Morgan fingerprint density at radius 3 is 2.97 bits per heavy atom. The number of nitrogens with two attached hydrogens (primary N) is 1. The molecule has 4 aromatic rings. The number of hydrogen-bond acceptors (Lipinski definition) is 10. The highest BCUT2D eigenvalue weighted by molar-refractivity contribution is 5.99. The average Bonchev–Trinajstić information content (AvgIpc) is 2.97. The summed E-state index contributed by atoms with van der Waals surface area (Å²) in [5, 5.41) is 6.83. The lowest BCUT2D eigenvalue weighted by Crippen LogP contribution is -2.49. The van der Waals surface area contributed by atoms with Gasteiger partial charge < -0.3 is 30.7 Å². The van der Waals surface area contributed by atoms with Crippen molar-refractivity contribution in [2.24, 2.45) is 5.73 Å². The number of methoxy groups -OCH3 is 1. The molecule has 0 saturated carbocycles. The molecule has 1 aromatic carbocycles. The van der Waals surface area contributed by atoms with E-state index in [1.165, 1.54) is 6.08 Å². The summed E-state index contributed by atoms with van der Waals surface area (Å²) in [6, 6.07) is 13.1. The molecule has 1 saturated heterocycles. The van der Waals surface area contributed by atoms with Crippen LogP contribution in [0.2, 0.25) is 0 Å². The van der Waals surface area contributed by atoms with Gasteiger partial charge in [0.25, 0.3) is 0 Å². The van der Waals surface area contributed by atoms with Gasteiger partial charge in [0.1, 0.15) is 11.5 Å². The molecule has 0 bridgehead atoms. The molecular weight excluding hydrogens is 484 g/mol. The molecule has 194 valence electrons. The number of nitrogens with zero attached hydrogens (tertiary/aromatic N) is 5. The van der Waals surface area contributed by atoms with Crippen LogP contribution in [0.25, 0.3) is 22.2 Å². The molecule has 4 N–H and O–H groups in total. The predicted molar refractivity (Wildman–Crippen MR) is 147 cm³/mol. The Bertz CT molecular complexity index is 1480. The van der Waals surface area contributed by atoms with Gasteiger partial charge in [0.2, 0.25) is 17.7 Å². The van der Waals surface area contributed by atoms with Gasteiger partial charge in [0, 0.05) is 42.1 Å². The number of ether oxygens (including phenoxy) is 2. The van der Waals surface area contributed by atoms with Gasteiger partial charge >= 0.3 is 0 Å². The van der Waals surface area contributed by atoms with E-state index in [2.05, 4.69) is 32.1 Å². The summed E-state index contributed by atoms with van der Waals surface area (Å²) < 4.78 is 11.1. The van der Waals surface area contributed by atoms with E-state index in [0.29, 0.717) is 60.7 Å². The molecule has 0 radical (unpaired) electrons. The van der Waals surface area contributed by atoms with Gasteiger partial charge in [-0.1, -0.05) is 24.8 Å². The maximum Gasteiger partial charge on any atom is 0.247 e. The van der Waals surface area contributed by atoms with Crippen molar-refractivity contribution < 1.29 is 14.3 Å². The van der Waals surface area contributed by atoms with Crippen LogP contribution in [0.15, 0.2) is 67.5 Å². The Labute approximate surface area is 219 Å². The average molecular weight is 513 g/mol. The third-order valence-electron chi connectivity index (χ3n) is 6.18. The van der Waals surface area contributed by atoms with Crippen LogP contribution in [0.5, 0.6) is 5.88 Å². The van der Waals surface area contributed by atoms with Crippen molar-refractivity contribution in [2.75, 3.05) is 48.9 Å². The highest BCUT2D eigenvalue weighted by Gasteiger charge is 2.24. The quantitative estimate of drug-likeness (QED) is 0.302. The van der Waals surface area contributed by atoms with E-state index in [4.69, 9.17) is 25.2 Å². The number of amides is 1. The molecule has 11 nitrogen and oxygen atoms in total. The van der Waals surface area contributed by atoms with Crippen molar-refractivity contribution in [2.45, 2.75) is 6.04 Å². The van der Waals surface area contributed by atoms with Gasteiger partial charge in [-0.05, 0) is 30.3 Å². The summed E-state index contributed by atoms with van der Waals surface area (Å²) in [7, 11) is 1.57. The van der Waals surface area contributed by atoms with E-state index in [9.17, 15) is 4.79 Å². The number of pyridine rings is 2. The van der Waals surface area contributed by atoms with E-state index >= 15 is 0 Å². The third kappa shape index (κ3) is 5.24. The number of para-hydroxylation sites is 1. The van der Waals surface area contributed by atoms with Crippen molar-refractivity contribution in [3.05, 3.63) is 67.5 Å². The summed E-state index contributed by atoms with van der Waals surface area (Å²) in [5.74, 6) is 1.26. The molecule has 1 aliphatic rings. The molecule has 1 unspecified atom stereocenters. The molecule has 4 heterocycles. The SMILES string of the molecule is C=CC(=O)Nc1ccnc(-c2cccc3cnc(Nc4ccc(N5CCOCC5CN)nc4OC)nc23)c1. The maximum atomic E-state index is 11.7. The number of anilines is 4. The van der Waals surface area contributed by atoms with Gasteiger partial charge in [-0.2, -0.15) is 4.98 Å². The fourth-order valence-electron chi connectivity index (χ4n) is 4.29. The van der Waals surface area contributed by atoms with Crippen LogP contribution in [0.4, 0.5) is 23.1 Å². The maximum absolute atomic E-state index is 11.7. The Hall–Kier alpha value is -4.61. The lowest BCUT2D eigenvalue weighted by molar-refractivity contribution is -0.111. The zero-order chi connectivity index (χ0) is 26.5. The van der Waals surface area contributed by atoms with Gasteiger partial charge in [0.15, 0.2) is 0 Å². The number of rotatable bonds is 8. The molecule has 11 heteroatoms. The lowest BCUT2D eigenvalue weighted by atomic mass is 10.1. The monoisotopic (exact) mass is 512 g/mol. The van der Waals surface area contributed by atoms with Crippen LogP contribution in [0, 0.1) is 0 Å². The molecule has 3 aromatic heterocycles. The summed E-state index contributed by atoms with van der Waals surface area (Å²) >= 11 is 0. The highest BCUT2D eigenvalue weighted by Crippen LogP contribution is 2.31. The number of carbonyl (C=O) groups is 1. The van der Waals surface area contributed by atoms with Crippen molar-refractivity contribution in [1.82, 2.24) is 19.9 Å². The first kappa shape index (κ1) is 25.1. The molecule has 1 amide bonds. The highest BCUT2D eigenvalue weighted by atomic mass is 16.5. The summed E-state index contributed by atoms with van der Waals surface area (Å²) in [6.07, 6.45) is 4.59. The van der Waals surface area contributed by atoms with E-state index in [0.717, 1.165) is 16.8 Å². The van der Waals surface area contributed by atoms with E-state index in [-0.39, 0.29) is 11.9 Å². The second-order valence-corrected chi connectivity index (χ2v) is 8.57. The number of fused-ring (bicyclic) bond motifs is 1. The molecule has 0 spiro atoms. The Kier molecular flexibility index (Phi) is 7.38. The minimum absolute atomic E-state index is 0.0548. The predicted octanol–water partition coefficient (Wildman–Crippen LogP) is 3.13. The second kappa shape index (κ2) is 11.2. The molecule has 0 aliphatic carbocycles. The molecule has 1 fully saturated rings. The van der Waals surface area contributed by atoms with Crippen LogP contribution in [0.1, 0.15) is 0 Å². The second-order valence-electron chi connectivity index (χ2n) is 8.57. The van der Waals surface area contributed by atoms with Crippen LogP contribution in [-0.4, -0.2) is 65.3 Å². The van der Waals surface area contributed by atoms with Crippen LogP contribution >= 0.6 is 0 Å². The van der Waals surface area contributed by atoms with E-state index in [1.807, 2.05) is 30.3 Å². The lowest BCUT2D eigenvalue weighted by Gasteiger charge is -2.35. The number of hydrogen-bond donors (Lipinski definition) is 3. The summed E-state index contributed by atoms with van der Waals surface area (Å²) in [6.45, 7) is 5.84. The zero-order valence-corrected chi connectivity index (χ0v) is 20.9. The fourth-order valence-corrected chi connectivity index (χ4v) is 4.29. The summed E-state index contributed by atoms with van der Waals surface area (Å²) in [4.78, 5) is 32.3. The smallest absolute Gasteiger partial charge is 0.247 e. The zero-order valence-electron chi connectivity index (χ0n) is 20.9. The van der Waals surface area contributed by atoms with Crippen molar-refractivity contribution in [3.63, 3.8) is 0 Å². The number of nitrogens with one attached hydrogen (secondary N) is 2. The van der Waals surface area contributed by atoms with Gasteiger partial charge in [-0.15, -0.1) is 0 Å². The van der Waals surface area contributed by atoms with Crippen molar-refractivity contribution in [3.8, 4) is 17.1 Å². The van der Waals surface area contributed by atoms with Gasteiger partial charge in [-0.25, -0.2) is 9.97 Å². The van der Waals surface area contributed by atoms with E-state index < -0.39 is 0 Å². The first-order chi connectivity index (χ1) is 18.6.